The molecule has 114 valence electrons. The van der Waals surface area contributed by atoms with Crippen molar-refractivity contribution >= 4 is 22.7 Å². The van der Waals surface area contributed by atoms with E-state index in [1.165, 1.54) is 16.3 Å². The first kappa shape index (κ1) is 15.9. The summed E-state index contributed by atoms with van der Waals surface area (Å²) in [5, 5.41) is 1.13. The van der Waals surface area contributed by atoms with Gasteiger partial charge in [0.2, 0.25) is 0 Å². The van der Waals surface area contributed by atoms with E-state index < -0.39 is 13.0 Å². The summed E-state index contributed by atoms with van der Waals surface area (Å²) in [7, 11) is 1.65. The molecule has 1 aromatic heterocycles. The largest absolute Gasteiger partial charge is 0.375 e. The fourth-order valence-electron chi connectivity index (χ4n) is 1.86. The Morgan fingerprint density at radius 1 is 1.43 bits per heavy atom. The smallest absolute Gasteiger partial charge is 0.261 e. The molecule has 0 amide bonds. The Hall–Kier alpha value is -1.47. The van der Waals surface area contributed by atoms with Crippen LogP contribution in [0.4, 0.5) is 8.78 Å². The van der Waals surface area contributed by atoms with E-state index in [9.17, 15) is 13.6 Å². The molecule has 0 radical (unpaired) electrons. The lowest BCUT2D eigenvalue weighted by Crippen LogP contribution is -2.20. The summed E-state index contributed by atoms with van der Waals surface area (Å²) in [5.41, 5.74) is 1.53. The minimum absolute atomic E-state index is 0.111. The second-order valence-corrected chi connectivity index (χ2v) is 5.66. The predicted octanol–water partition coefficient (Wildman–Crippen LogP) is 2.62. The van der Waals surface area contributed by atoms with Crippen molar-refractivity contribution < 1.29 is 13.5 Å². The summed E-state index contributed by atoms with van der Waals surface area (Å²) in [6.45, 7) is 1.54. The van der Waals surface area contributed by atoms with Gasteiger partial charge in [0.25, 0.3) is 12.0 Å². The fourth-order valence-corrected chi connectivity index (χ4v) is 2.68. The van der Waals surface area contributed by atoms with Crippen molar-refractivity contribution in [2.24, 2.45) is 7.05 Å². The van der Waals surface area contributed by atoms with E-state index in [1.807, 2.05) is 25.1 Å². The van der Waals surface area contributed by atoms with Gasteiger partial charge in [-0.05, 0) is 19.1 Å². The van der Waals surface area contributed by atoms with E-state index in [4.69, 9.17) is 4.74 Å². The van der Waals surface area contributed by atoms with Gasteiger partial charge in [0.15, 0.2) is 5.16 Å². The van der Waals surface area contributed by atoms with Crippen molar-refractivity contribution in [1.82, 2.24) is 9.55 Å². The van der Waals surface area contributed by atoms with Crippen LogP contribution in [0.25, 0.3) is 10.9 Å². The van der Waals surface area contributed by atoms with Crippen molar-refractivity contribution in [3.63, 3.8) is 0 Å². The van der Waals surface area contributed by atoms with Crippen molar-refractivity contribution in [3.8, 4) is 0 Å². The summed E-state index contributed by atoms with van der Waals surface area (Å²) in [6.07, 6.45) is -2.46. The Bertz CT molecular complexity index is 688. The first-order valence-corrected chi connectivity index (χ1v) is 7.43. The number of fused-ring (bicyclic) bond motifs is 1. The third-order valence-electron chi connectivity index (χ3n) is 2.89. The molecule has 0 aliphatic rings. The molecular weight excluding hydrogens is 298 g/mol. The van der Waals surface area contributed by atoms with E-state index >= 15 is 0 Å². The van der Waals surface area contributed by atoms with Gasteiger partial charge >= 0.3 is 0 Å². The number of aryl methyl sites for hydroxylation is 1. The number of hydrogen-bond donors (Lipinski definition) is 0. The molecule has 21 heavy (non-hydrogen) atoms. The van der Waals surface area contributed by atoms with Gasteiger partial charge in [0.05, 0.1) is 17.5 Å². The second kappa shape index (κ2) is 7.00. The zero-order valence-corrected chi connectivity index (χ0v) is 12.6. The van der Waals surface area contributed by atoms with Crippen LogP contribution in [0.2, 0.25) is 0 Å². The highest BCUT2D eigenvalue weighted by Gasteiger charge is 2.09. The maximum atomic E-state index is 12.3. The number of halogens is 2. The van der Waals surface area contributed by atoms with Gasteiger partial charge in [0.1, 0.15) is 6.61 Å². The van der Waals surface area contributed by atoms with E-state index in [-0.39, 0.29) is 12.2 Å². The van der Waals surface area contributed by atoms with E-state index in [1.54, 1.807) is 7.05 Å². The average Bonchev–Trinajstić information content (AvgIpc) is 2.44. The van der Waals surface area contributed by atoms with Gasteiger partial charge in [-0.3, -0.25) is 9.36 Å². The fraction of sp³-hybridized carbons (Fsp3) is 0.429. The Labute approximate surface area is 125 Å². The lowest BCUT2D eigenvalue weighted by atomic mass is 10.2. The molecule has 2 aromatic rings. The monoisotopic (exact) mass is 314 g/mol. The molecule has 0 bridgehead atoms. The number of rotatable bonds is 6. The van der Waals surface area contributed by atoms with Gasteiger partial charge in [-0.2, -0.15) is 0 Å². The number of hydrogen-bond acceptors (Lipinski definition) is 4. The highest BCUT2D eigenvalue weighted by Crippen LogP contribution is 2.17. The number of nitrogens with zero attached hydrogens (tertiary/aromatic N) is 2. The quantitative estimate of drug-likeness (QED) is 0.467. The van der Waals surface area contributed by atoms with Gasteiger partial charge in [-0.1, -0.05) is 23.4 Å². The van der Waals surface area contributed by atoms with Crippen LogP contribution in [0.3, 0.4) is 0 Å². The van der Waals surface area contributed by atoms with E-state index in [0.29, 0.717) is 21.8 Å². The lowest BCUT2D eigenvalue weighted by molar-refractivity contribution is 0.0237. The highest BCUT2D eigenvalue weighted by atomic mass is 32.2. The van der Waals surface area contributed by atoms with E-state index in [2.05, 4.69) is 4.98 Å². The molecule has 0 unspecified atom stereocenters. The SMILES string of the molecule is Cc1ccc2nc(SCCOCC(F)F)n(C)c(=O)c2c1. The molecule has 0 aliphatic heterocycles. The molecule has 0 saturated heterocycles. The number of alkyl halides is 2. The molecule has 1 heterocycles. The first-order chi connectivity index (χ1) is 9.99. The Morgan fingerprint density at radius 3 is 2.90 bits per heavy atom. The van der Waals surface area contributed by atoms with E-state index in [0.717, 1.165) is 5.56 Å². The molecule has 1 aromatic carbocycles. The van der Waals surface area contributed by atoms with Crippen LogP contribution in [0.5, 0.6) is 0 Å². The zero-order chi connectivity index (χ0) is 15.4. The number of aromatic nitrogens is 2. The Balaban J connectivity index is 2.12. The standard InChI is InChI=1S/C14H16F2N2O2S/c1-9-3-4-11-10(7-9)13(19)18(2)14(17-11)21-6-5-20-8-12(15)16/h3-4,7,12H,5-6,8H2,1-2H3. The van der Waals surface area contributed by atoms with Gasteiger partial charge in [-0.25, -0.2) is 13.8 Å². The molecule has 0 spiro atoms. The molecule has 7 heteroatoms. The van der Waals surface area contributed by atoms with Crippen molar-refractivity contribution in [2.75, 3.05) is 19.0 Å². The van der Waals surface area contributed by atoms with Crippen LogP contribution in [0, 0.1) is 6.92 Å². The topological polar surface area (TPSA) is 44.1 Å². The maximum absolute atomic E-state index is 12.3. The molecule has 0 aliphatic carbocycles. The van der Waals surface area contributed by atoms with Crippen LogP contribution in [-0.2, 0) is 11.8 Å². The second-order valence-electron chi connectivity index (χ2n) is 4.59. The third kappa shape index (κ3) is 4.01. The van der Waals surface area contributed by atoms with Crippen molar-refractivity contribution in [1.29, 1.82) is 0 Å². The Morgan fingerprint density at radius 2 is 2.19 bits per heavy atom. The molecule has 0 N–H and O–H groups in total. The number of benzene rings is 1. The number of ether oxygens (including phenoxy) is 1. The lowest BCUT2D eigenvalue weighted by Gasteiger charge is -2.09. The number of thioether (sulfide) groups is 1. The van der Waals surface area contributed by atoms with Crippen LogP contribution in [-0.4, -0.2) is 34.9 Å². The molecule has 0 fully saturated rings. The first-order valence-electron chi connectivity index (χ1n) is 6.45. The summed E-state index contributed by atoms with van der Waals surface area (Å²) in [6, 6.07) is 5.52. The van der Waals surface area contributed by atoms with Crippen molar-refractivity contribution in [2.45, 2.75) is 18.5 Å². The van der Waals surface area contributed by atoms with Gasteiger partial charge in [-0.15, -0.1) is 0 Å². The zero-order valence-electron chi connectivity index (χ0n) is 11.8. The molecule has 0 atom stereocenters. The molecule has 2 rings (SSSR count). The molecule has 4 nitrogen and oxygen atoms in total. The van der Waals surface area contributed by atoms with Crippen LogP contribution in [0.15, 0.2) is 28.2 Å². The van der Waals surface area contributed by atoms with Crippen LogP contribution in [0.1, 0.15) is 5.56 Å². The molecular formula is C14H16F2N2O2S. The summed E-state index contributed by atoms with van der Waals surface area (Å²) in [5.74, 6) is 0.463. The molecule has 0 saturated carbocycles. The van der Waals surface area contributed by atoms with Crippen LogP contribution >= 0.6 is 11.8 Å². The van der Waals surface area contributed by atoms with Crippen molar-refractivity contribution in [3.05, 3.63) is 34.1 Å². The summed E-state index contributed by atoms with van der Waals surface area (Å²) < 4.78 is 30.1. The Kier molecular flexibility index (Phi) is 5.30. The van der Waals surface area contributed by atoms with Gasteiger partial charge < -0.3 is 4.74 Å². The minimum Gasteiger partial charge on any atom is -0.375 e. The third-order valence-corrected chi connectivity index (χ3v) is 3.89. The summed E-state index contributed by atoms with van der Waals surface area (Å²) >= 11 is 1.31. The van der Waals surface area contributed by atoms with Crippen LogP contribution < -0.4 is 5.56 Å². The minimum atomic E-state index is -2.46. The maximum Gasteiger partial charge on any atom is 0.261 e. The normalized spacial score (nSPS) is 11.5. The summed E-state index contributed by atoms with van der Waals surface area (Å²) in [4.78, 5) is 16.7. The average molecular weight is 314 g/mol. The predicted molar refractivity (Wildman–Crippen MR) is 79.3 cm³/mol. The van der Waals surface area contributed by atoms with Gasteiger partial charge in [0, 0.05) is 12.8 Å². The highest BCUT2D eigenvalue weighted by molar-refractivity contribution is 7.99.